The molecule has 0 spiro atoms. The van der Waals surface area contributed by atoms with Crippen LogP contribution < -0.4 is 10.2 Å². The SMILES string of the molecule is CNCC1CCN(c2nc(Cl)cs2)C1. The summed E-state index contributed by atoms with van der Waals surface area (Å²) >= 11 is 7.43. The van der Waals surface area contributed by atoms with E-state index in [0.717, 1.165) is 30.7 Å². The highest BCUT2D eigenvalue weighted by Crippen LogP contribution is 2.28. The van der Waals surface area contributed by atoms with Gasteiger partial charge in [0.1, 0.15) is 5.15 Å². The smallest absolute Gasteiger partial charge is 0.186 e. The second kappa shape index (κ2) is 4.47. The van der Waals surface area contributed by atoms with Gasteiger partial charge in [0.05, 0.1) is 0 Å². The summed E-state index contributed by atoms with van der Waals surface area (Å²) in [5.41, 5.74) is 0. The maximum Gasteiger partial charge on any atom is 0.186 e. The van der Waals surface area contributed by atoms with Crippen molar-refractivity contribution >= 4 is 28.1 Å². The highest BCUT2D eigenvalue weighted by molar-refractivity contribution is 7.14. The molecular formula is C9H14ClN3S. The van der Waals surface area contributed by atoms with E-state index in [1.807, 2.05) is 12.4 Å². The molecule has 14 heavy (non-hydrogen) atoms. The molecule has 78 valence electrons. The molecule has 1 aromatic heterocycles. The Morgan fingerprint density at radius 2 is 2.64 bits per heavy atom. The third kappa shape index (κ3) is 2.19. The van der Waals surface area contributed by atoms with Crippen LogP contribution in [0.5, 0.6) is 0 Å². The summed E-state index contributed by atoms with van der Waals surface area (Å²) < 4.78 is 0. The Morgan fingerprint density at radius 1 is 1.79 bits per heavy atom. The molecule has 0 bridgehead atoms. The van der Waals surface area contributed by atoms with Crippen molar-refractivity contribution in [2.45, 2.75) is 6.42 Å². The summed E-state index contributed by atoms with van der Waals surface area (Å²) in [6.07, 6.45) is 1.25. The Morgan fingerprint density at radius 3 is 3.29 bits per heavy atom. The molecule has 0 saturated carbocycles. The van der Waals surface area contributed by atoms with Gasteiger partial charge >= 0.3 is 0 Å². The molecule has 1 unspecified atom stereocenters. The van der Waals surface area contributed by atoms with Crippen LogP contribution in [0.15, 0.2) is 5.38 Å². The topological polar surface area (TPSA) is 28.2 Å². The molecule has 1 fully saturated rings. The monoisotopic (exact) mass is 231 g/mol. The predicted octanol–water partition coefficient (Wildman–Crippen LogP) is 1.84. The minimum absolute atomic E-state index is 0.613. The van der Waals surface area contributed by atoms with E-state index >= 15 is 0 Å². The van der Waals surface area contributed by atoms with E-state index in [9.17, 15) is 0 Å². The summed E-state index contributed by atoms with van der Waals surface area (Å²) in [5.74, 6) is 0.752. The molecular weight excluding hydrogens is 218 g/mol. The second-order valence-corrected chi connectivity index (χ2v) is 4.83. The Hall–Kier alpha value is -0.320. The fraction of sp³-hybridized carbons (Fsp3) is 0.667. The highest BCUT2D eigenvalue weighted by atomic mass is 35.5. The van der Waals surface area contributed by atoms with Crippen molar-refractivity contribution in [2.24, 2.45) is 5.92 Å². The lowest BCUT2D eigenvalue weighted by Gasteiger charge is -2.14. The van der Waals surface area contributed by atoms with Crippen molar-refractivity contribution in [1.82, 2.24) is 10.3 Å². The summed E-state index contributed by atoms with van der Waals surface area (Å²) in [6, 6.07) is 0. The molecule has 1 aliphatic rings. The van der Waals surface area contributed by atoms with Gasteiger partial charge in [-0.05, 0) is 25.9 Å². The van der Waals surface area contributed by atoms with E-state index in [1.54, 1.807) is 11.3 Å². The molecule has 3 nitrogen and oxygen atoms in total. The first-order valence-corrected chi connectivity index (χ1v) is 6.06. The number of thiazole rings is 1. The Labute approximate surface area is 93.1 Å². The van der Waals surface area contributed by atoms with Crippen molar-refractivity contribution < 1.29 is 0 Å². The molecule has 1 saturated heterocycles. The molecule has 5 heteroatoms. The van der Waals surface area contributed by atoms with Gasteiger partial charge in [0, 0.05) is 18.5 Å². The third-order valence-corrected chi connectivity index (χ3v) is 3.74. The molecule has 0 aliphatic carbocycles. The standard InChI is InChI=1S/C9H14ClN3S/c1-11-4-7-2-3-13(5-7)9-12-8(10)6-14-9/h6-7,11H,2-5H2,1H3. The summed E-state index contributed by atoms with van der Waals surface area (Å²) in [4.78, 5) is 6.59. The average Bonchev–Trinajstić information content (AvgIpc) is 2.74. The van der Waals surface area contributed by atoms with Crippen LogP contribution in [0.2, 0.25) is 5.15 Å². The molecule has 1 atom stereocenters. The number of hydrogen-bond acceptors (Lipinski definition) is 4. The maximum atomic E-state index is 5.80. The lowest BCUT2D eigenvalue weighted by Crippen LogP contribution is -2.24. The number of anilines is 1. The van der Waals surface area contributed by atoms with Crippen LogP contribution >= 0.6 is 22.9 Å². The van der Waals surface area contributed by atoms with Crippen molar-refractivity contribution in [2.75, 3.05) is 31.6 Å². The Bertz CT molecular complexity index is 302. The van der Waals surface area contributed by atoms with Crippen LogP contribution in [-0.2, 0) is 0 Å². The van der Waals surface area contributed by atoms with Gasteiger partial charge in [-0.1, -0.05) is 11.6 Å². The average molecular weight is 232 g/mol. The van der Waals surface area contributed by atoms with Gasteiger partial charge < -0.3 is 10.2 Å². The maximum absolute atomic E-state index is 5.80. The number of aromatic nitrogens is 1. The Kier molecular flexibility index (Phi) is 3.26. The third-order valence-electron chi connectivity index (χ3n) is 2.51. The lowest BCUT2D eigenvalue weighted by molar-refractivity contribution is 0.549. The molecule has 0 radical (unpaired) electrons. The van der Waals surface area contributed by atoms with Gasteiger partial charge in [-0.2, -0.15) is 0 Å². The normalized spacial score (nSPS) is 21.9. The molecule has 0 aromatic carbocycles. The first kappa shape index (κ1) is 10.2. The first-order valence-electron chi connectivity index (χ1n) is 4.80. The fourth-order valence-electron chi connectivity index (χ4n) is 1.85. The summed E-state index contributed by atoms with van der Waals surface area (Å²) in [7, 11) is 2.00. The molecule has 1 aromatic rings. The van der Waals surface area contributed by atoms with E-state index in [4.69, 9.17) is 11.6 Å². The zero-order chi connectivity index (χ0) is 9.97. The van der Waals surface area contributed by atoms with Gasteiger partial charge in [0.25, 0.3) is 0 Å². The van der Waals surface area contributed by atoms with Gasteiger partial charge in [0.15, 0.2) is 5.13 Å². The van der Waals surface area contributed by atoms with Crippen LogP contribution in [0.1, 0.15) is 6.42 Å². The molecule has 1 aliphatic heterocycles. The number of nitrogens with one attached hydrogen (secondary N) is 1. The fourth-order valence-corrected chi connectivity index (χ4v) is 2.84. The molecule has 2 heterocycles. The van der Waals surface area contributed by atoms with Crippen LogP contribution in [0, 0.1) is 5.92 Å². The van der Waals surface area contributed by atoms with E-state index in [0.29, 0.717) is 5.15 Å². The van der Waals surface area contributed by atoms with Crippen LogP contribution in [0.25, 0.3) is 0 Å². The van der Waals surface area contributed by atoms with Crippen LogP contribution in [0.3, 0.4) is 0 Å². The van der Waals surface area contributed by atoms with Gasteiger partial charge in [0.2, 0.25) is 0 Å². The van der Waals surface area contributed by atoms with Crippen molar-refractivity contribution in [1.29, 1.82) is 0 Å². The predicted molar refractivity (Wildman–Crippen MR) is 61.4 cm³/mol. The first-order chi connectivity index (χ1) is 6.79. The largest absolute Gasteiger partial charge is 0.348 e. The minimum atomic E-state index is 0.613. The van der Waals surface area contributed by atoms with Crippen molar-refractivity contribution in [3.8, 4) is 0 Å². The quantitative estimate of drug-likeness (QED) is 0.861. The van der Waals surface area contributed by atoms with Gasteiger partial charge in [-0.3, -0.25) is 0 Å². The van der Waals surface area contributed by atoms with Gasteiger partial charge in [-0.15, -0.1) is 11.3 Å². The van der Waals surface area contributed by atoms with Crippen molar-refractivity contribution in [3.05, 3.63) is 10.5 Å². The lowest BCUT2D eigenvalue weighted by atomic mass is 10.1. The molecule has 2 rings (SSSR count). The number of halogens is 1. The van der Waals surface area contributed by atoms with E-state index in [2.05, 4.69) is 15.2 Å². The van der Waals surface area contributed by atoms with Crippen LogP contribution in [-0.4, -0.2) is 31.7 Å². The zero-order valence-corrected chi connectivity index (χ0v) is 9.74. The van der Waals surface area contributed by atoms with Crippen molar-refractivity contribution in [3.63, 3.8) is 0 Å². The van der Waals surface area contributed by atoms with Gasteiger partial charge in [-0.25, -0.2) is 4.98 Å². The zero-order valence-electron chi connectivity index (χ0n) is 8.16. The number of hydrogen-bond donors (Lipinski definition) is 1. The Balaban J connectivity index is 1.95. The second-order valence-electron chi connectivity index (χ2n) is 3.61. The van der Waals surface area contributed by atoms with E-state index in [-0.39, 0.29) is 0 Å². The highest BCUT2D eigenvalue weighted by Gasteiger charge is 2.23. The minimum Gasteiger partial charge on any atom is -0.348 e. The van der Waals surface area contributed by atoms with E-state index in [1.165, 1.54) is 6.42 Å². The number of nitrogens with zero attached hydrogens (tertiary/aromatic N) is 2. The van der Waals surface area contributed by atoms with Crippen LogP contribution in [0.4, 0.5) is 5.13 Å². The number of rotatable bonds is 3. The molecule has 1 N–H and O–H groups in total. The summed E-state index contributed by atoms with van der Waals surface area (Å²) in [6.45, 7) is 3.30. The summed E-state index contributed by atoms with van der Waals surface area (Å²) in [5, 5.41) is 6.78. The van der Waals surface area contributed by atoms with E-state index < -0.39 is 0 Å². The molecule has 0 amide bonds.